The highest BCUT2D eigenvalue weighted by Gasteiger charge is 2.39. The molecule has 5 rings (SSSR count). The molecule has 0 aromatic heterocycles. The largest absolute Gasteiger partial charge is 0.507 e. The van der Waals surface area contributed by atoms with E-state index in [-0.39, 0.29) is 24.2 Å². The van der Waals surface area contributed by atoms with Crippen molar-refractivity contribution < 1.29 is 28.8 Å². The number of aromatic hydroxyl groups is 1. The number of hydrogen-bond acceptors (Lipinski definition) is 7. The van der Waals surface area contributed by atoms with Crippen LogP contribution in [0.25, 0.3) is 17.2 Å². The molecule has 1 aliphatic carbocycles. The Morgan fingerprint density at radius 1 is 1.05 bits per heavy atom. The first-order valence-corrected chi connectivity index (χ1v) is 12.9. The lowest BCUT2D eigenvalue weighted by Gasteiger charge is -2.42. The Bertz CT molecular complexity index is 1450. The predicted octanol–water partition coefficient (Wildman–Crippen LogP) is 4.51. The van der Waals surface area contributed by atoms with Crippen LogP contribution in [0.5, 0.6) is 28.7 Å². The van der Waals surface area contributed by atoms with Gasteiger partial charge in [0.2, 0.25) is 5.91 Å². The average Bonchev–Trinajstić information content (AvgIpc) is 2.96. The summed E-state index contributed by atoms with van der Waals surface area (Å²) in [5, 5.41) is 13.0. The molecule has 8 nitrogen and oxygen atoms in total. The van der Waals surface area contributed by atoms with Crippen LogP contribution in [-0.2, 0) is 24.2 Å². The Morgan fingerprint density at radius 2 is 1.77 bits per heavy atom. The van der Waals surface area contributed by atoms with Gasteiger partial charge in [-0.15, -0.1) is 0 Å². The molecular weight excluding hydrogens is 496 g/mol. The third-order valence-corrected chi connectivity index (χ3v) is 7.74. The molecule has 204 valence electrons. The SMILES string of the molecule is COc1cc2c(cc1OC)-c1c(OC)c(OC)c(CNC(=O)/C=C/c3ccccc3O)c3c1C(C2)N(C)CC3. The van der Waals surface area contributed by atoms with Gasteiger partial charge in [0, 0.05) is 41.9 Å². The number of rotatable bonds is 8. The summed E-state index contributed by atoms with van der Waals surface area (Å²) in [4.78, 5) is 15.2. The quantitative estimate of drug-likeness (QED) is 0.414. The van der Waals surface area contributed by atoms with Crippen molar-refractivity contribution in [3.63, 3.8) is 0 Å². The van der Waals surface area contributed by atoms with E-state index in [0.29, 0.717) is 28.6 Å². The number of phenolic OH excluding ortho intramolecular Hbond substituents is 1. The zero-order chi connectivity index (χ0) is 27.7. The predicted molar refractivity (Wildman–Crippen MR) is 150 cm³/mol. The van der Waals surface area contributed by atoms with E-state index in [9.17, 15) is 9.90 Å². The number of hydrogen-bond donors (Lipinski definition) is 2. The summed E-state index contributed by atoms with van der Waals surface area (Å²) in [6.07, 6.45) is 4.66. The van der Waals surface area contributed by atoms with Crippen molar-refractivity contribution in [2.75, 3.05) is 42.0 Å². The zero-order valence-electron chi connectivity index (χ0n) is 23.0. The first-order valence-electron chi connectivity index (χ1n) is 12.9. The second-order valence-electron chi connectivity index (χ2n) is 9.74. The number of fused-ring (bicyclic) bond motifs is 2. The fraction of sp³-hybridized carbons (Fsp3) is 0.323. The number of benzene rings is 3. The molecule has 8 heteroatoms. The summed E-state index contributed by atoms with van der Waals surface area (Å²) < 4.78 is 23.2. The van der Waals surface area contributed by atoms with Crippen molar-refractivity contribution >= 4 is 12.0 Å². The van der Waals surface area contributed by atoms with Crippen LogP contribution in [0.15, 0.2) is 42.5 Å². The Labute approximate surface area is 228 Å². The van der Waals surface area contributed by atoms with Gasteiger partial charge in [-0.3, -0.25) is 9.69 Å². The molecule has 1 amide bonds. The standard InChI is InChI=1S/C31H34N2O6/c1-33-13-12-20-22(17-32-27(35)11-10-18-8-6-7-9-24(18)34)30(38-4)31(39-5)29-21-16-26(37-3)25(36-2)15-19(21)14-23(33)28(20)29/h6-11,15-16,23,34H,12-14,17H2,1-5H3,(H,32,35)/b11-10+. The minimum Gasteiger partial charge on any atom is -0.507 e. The van der Waals surface area contributed by atoms with Gasteiger partial charge >= 0.3 is 0 Å². The Balaban J connectivity index is 1.59. The minimum absolute atomic E-state index is 0.122. The lowest BCUT2D eigenvalue weighted by molar-refractivity contribution is -0.116. The highest BCUT2D eigenvalue weighted by Crippen LogP contribution is 2.55. The third kappa shape index (κ3) is 4.65. The number of likely N-dealkylation sites (N-methyl/N-ethyl adjacent to an activating group) is 1. The number of carbonyl (C=O) groups excluding carboxylic acids is 1. The number of phenols is 1. The molecule has 0 fully saturated rings. The maximum Gasteiger partial charge on any atom is 0.244 e. The smallest absolute Gasteiger partial charge is 0.244 e. The van der Waals surface area contributed by atoms with Crippen LogP contribution < -0.4 is 24.3 Å². The van der Waals surface area contributed by atoms with Gasteiger partial charge in [0.15, 0.2) is 23.0 Å². The number of methoxy groups -OCH3 is 4. The highest BCUT2D eigenvalue weighted by atomic mass is 16.5. The van der Waals surface area contributed by atoms with Gasteiger partial charge in [-0.05, 0) is 66.4 Å². The molecule has 39 heavy (non-hydrogen) atoms. The fourth-order valence-electron chi connectivity index (χ4n) is 5.82. The van der Waals surface area contributed by atoms with Crippen molar-refractivity contribution in [1.29, 1.82) is 0 Å². The number of para-hydroxylation sites is 1. The van der Waals surface area contributed by atoms with E-state index in [1.54, 1.807) is 52.7 Å². The van der Waals surface area contributed by atoms with E-state index in [4.69, 9.17) is 18.9 Å². The van der Waals surface area contributed by atoms with Gasteiger partial charge < -0.3 is 29.4 Å². The van der Waals surface area contributed by atoms with Gasteiger partial charge in [0.1, 0.15) is 5.75 Å². The van der Waals surface area contributed by atoms with Crippen LogP contribution in [-0.4, -0.2) is 57.9 Å². The first-order chi connectivity index (χ1) is 18.9. The maximum atomic E-state index is 12.8. The average molecular weight is 531 g/mol. The van der Waals surface area contributed by atoms with Crippen LogP contribution >= 0.6 is 0 Å². The molecule has 0 saturated heterocycles. The number of nitrogens with zero attached hydrogens (tertiary/aromatic N) is 1. The molecule has 1 aliphatic heterocycles. The van der Waals surface area contributed by atoms with Crippen molar-refractivity contribution in [3.8, 4) is 39.9 Å². The topological polar surface area (TPSA) is 89.5 Å². The van der Waals surface area contributed by atoms with Crippen LogP contribution in [0.1, 0.15) is 33.9 Å². The molecule has 1 atom stereocenters. The molecule has 1 heterocycles. The highest BCUT2D eigenvalue weighted by molar-refractivity contribution is 5.92. The van der Waals surface area contributed by atoms with Crippen molar-refractivity contribution in [1.82, 2.24) is 10.2 Å². The van der Waals surface area contributed by atoms with Gasteiger partial charge in [-0.25, -0.2) is 0 Å². The maximum absolute atomic E-state index is 12.8. The fourth-order valence-corrected chi connectivity index (χ4v) is 5.82. The molecule has 2 aliphatic rings. The van der Waals surface area contributed by atoms with Crippen molar-refractivity contribution in [3.05, 3.63) is 70.3 Å². The van der Waals surface area contributed by atoms with Crippen molar-refractivity contribution in [2.45, 2.75) is 25.4 Å². The van der Waals surface area contributed by atoms with E-state index < -0.39 is 0 Å². The molecule has 3 aromatic rings. The van der Waals surface area contributed by atoms with Crippen molar-refractivity contribution in [2.24, 2.45) is 0 Å². The van der Waals surface area contributed by atoms with Gasteiger partial charge in [-0.1, -0.05) is 18.2 Å². The Morgan fingerprint density at radius 3 is 2.46 bits per heavy atom. The summed E-state index contributed by atoms with van der Waals surface area (Å²) >= 11 is 0. The number of carbonyl (C=O) groups is 1. The Kier molecular flexibility index (Phi) is 7.39. The van der Waals surface area contributed by atoms with Crippen LogP contribution in [0.4, 0.5) is 0 Å². The normalized spacial score (nSPS) is 15.9. The van der Waals surface area contributed by atoms with E-state index >= 15 is 0 Å². The van der Waals surface area contributed by atoms with E-state index in [1.807, 2.05) is 12.1 Å². The lowest BCUT2D eigenvalue weighted by atomic mass is 9.75. The zero-order valence-corrected chi connectivity index (χ0v) is 23.0. The molecule has 3 aromatic carbocycles. The van der Waals surface area contributed by atoms with Gasteiger partial charge in [0.05, 0.1) is 28.4 Å². The summed E-state index contributed by atoms with van der Waals surface area (Å²) in [5.74, 6) is 2.45. The summed E-state index contributed by atoms with van der Waals surface area (Å²) in [6, 6.07) is 11.1. The third-order valence-electron chi connectivity index (χ3n) is 7.74. The van der Waals surface area contributed by atoms with Crippen LogP contribution in [0.3, 0.4) is 0 Å². The number of amides is 1. The minimum atomic E-state index is -0.268. The molecule has 0 bridgehead atoms. The second kappa shape index (κ2) is 10.9. The summed E-state index contributed by atoms with van der Waals surface area (Å²) in [5.41, 5.74) is 7.06. The molecule has 1 unspecified atom stereocenters. The monoisotopic (exact) mass is 530 g/mol. The number of ether oxygens (including phenoxy) is 4. The Hall–Kier alpha value is -4.17. The van der Waals surface area contributed by atoms with E-state index in [1.165, 1.54) is 17.2 Å². The summed E-state index contributed by atoms with van der Waals surface area (Å²) in [7, 11) is 8.70. The second-order valence-corrected chi connectivity index (χ2v) is 9.74. The molecule has 0 saturated carbocycles. The summed E-state index contributed by atoms with van der Waals surface area (Å²) in [6.45, 7) is 1.16. The van der Waals surface area contributed by atoms with E-state index in [0.717, 1.165) is 41.6 Å². The van der Waals surface area contributed by atoms with Gasteiger partial charge in [0.25, 0.3) is 0 Å². The van der Waals surface area contributed by atoms with Crippen LogP contribution in [0.2, 0.25) is 0 Å². The van der Waals surface area contributed by atoms with Gasteiger partial charge in [-0.2, -0.15) is 0 Å². The first kappa shape index (κ1) is 26.4. The van der Waals surface area contributed by atoms with E-state index in [2.05, 4.69) is 23.3 Å². The molecule has 0 spiro atoms. The molecular formula is C31H34N2O6. The lowest BCUT2D eigenvalue weighted by Crippen LogP contribution is -2.37. The van der Waals surface area contributed by atoms with Crippen LogP contribution in [0, 0.1) is 0 Å². The molecule has 0 radical (unpaired) electrons. The number of nitrogens with one attached hydrogen (secondary N) is 1. The molecule has 2 N–H and O–H groups in total.